The zero-order valence-corrected chi connectivity index (χ0v) is 13.9. The quantitative estimate of drug-likeness (QED) is 0.561. The van der Waals surface area contributed by atoms with Crippen molar-refractivity contribution in [3.63, 3.8) is 0 Å². The Morgan fingerprint density at radius 3 is 2.41 bits per heavy atom. The largest absolute Gasteiger partial charge is 0.136 e. The predicted octanol–water partition coefficient (Wildman–Crippen LogP) is 6.23. The monoisotopic (exact) mass is 388 g/mol. The lowest BCUT2D eigenvalue weighted by atomic mass is 10.2. The highest BCUT2D eigenvalue weighted by atomic mass is 79.9. The molecule has 0 fully saturated rings. The molecule has 88 valence electrons. The van der Waals surface area contributed by atoms with Crippen LogP contribution >= 0.6 is 55.0 Å². The Kier molecular flexibility index (Phi) is 4.91. The minimum absolute atomic E-state index is 0.969. The lowest BCUT2D eigenvalue weighted by molar-refractivity contribution is 1.47. The zero-order chi connectivity index (χ0) is 12.3. The maximum Gasteiger partial charge on any atom is 0.0618 e. The summed E-state index contributed by atoms with van der Waals surface area (Å²) in [6, 6.07) is 13.0. The van der Waals surface area contributed by atoms with E-state index in [4.69, 9.17) is 0 Å². The molecule has 1 aromatic heterocycles. The Bertz CT molecular complexity index is 523. The molecule has 4 heteroatoms. The molecule has 0 saturated heterocycles. The molecule has 0 atom stereocenters. The summed E-state index contributed by atoms with van der Waals surface area (Å²) >= 11 is 10.3. The third kappa shape index (κ3) is 3.71. The lowest BCUT2D eigenvalue weighted by Crippen LogP contribution is -1.72. The first-order valence-corrected chi connectivity index (χ1v) is 8.59. The summed E-state index contributed by atoms with van der Waals surface area (Å²) in [7, 11) is 0. The van der Waals surface area contributed by atoms with Crippen LogP contribution in [0.25, 0.3) is 16.5 Å². The minimum Gasteiger partial charge on any atom is -0.136 e. The highest BCUT2D eigenvalue weighted by molar-refractivity contribution is 9.28. The highest BCUT2D eigenvalue weighted by Gasteiger charge is 2.01. The standard InChI is InChI=1S/C13H10Br2S2/c1-16-10-4-2-9(3-5-10)12-7-6-11(17-12)8-13(14)15/h2-8H,1H3. The summed E-state index contributed by atoms with van der Waals surface area (Å²) in [5, 5.41) is 0. The van der Waals surface area contributed by atoms with Crippen LogP contribution in [0.1, 0.15) is 4.88 Å². The summed E-state index contributed by atoms with van der Waals surface area (Å²) in [6.45, 7) is 0. The molecule has 0 unspecified atom stereocenters. The van der Waals surface area contributed by atoms with Crippen LogP contribution < -0.4 is 0 Å². The molecule has 0 saturated carbocycles. The summed E-state index contributed by atoms with van der Waals surface area (Å²) in [5.41, 5.74) is 1.28. The number of rotatable bonds is 3. The summed E-state index contributed by atoms with van der Waals surface area (Å²) in [5.74, 6) is 0. The van der Waals surface area contributed by atoms with Crippen LogP contribution in [-0.4, -0.2) is 6.26 Å². The fourth-order valence-electron chi connectivity index (χ4n) is 1.45. The Morgan fingerprint density at radius 1 is 1.12 bits per heavy atom. The summed E-state index contributed by atoms with van der Waals surface area (Å²) in [4.78, 5) is 3.83. The molecule has 17 heavy (non-hydrogen) atoms. The van der Waals surface area contributed by atoms with Gasteiger partial charge in [0.1, 0.15) is 0 Å². The maximum atomic E-state index is 3.38. The number of thioether (sulfide) groups is 1. The number of thiophene rings is 1. The second-order valence-corrected chi connectivity index (χ2v) is 8.13. The van der Waals surface area contributed by atoms with Gasteiger partial charge in [0.15, 0.2) is 0 Å². The van der Waals surface area contributed by atoms with Crippen LogP contribution in [0.5, 0.6) is 0 Å². The van der Waals surface area contributed by atoms with Gasteiger partial charge in [0.2, 0.25) is 0 Å². The molecular weight excluding hydrogens is 380 g/mol. The molecule has 0 spiro atoms. The molecule has 0 amide bonds. The van der Waals surface area contributed by atoms with Crippen LogP contribution in [0.4, 0.5) is 0 Å². The summed E-state index contributed by atoms with van der Waals surface area (Å²) < 4.78 is 0.969. The SMILES string of the molecule is CSc1ccc(-c2ccc(C=C(Br)Br)s2)cc1. The third-order valence-corrected chi connectivity index (χ3v) is 4.54. The predicted molar refractivity (Wildman–Crippen MR) is 87.4 cm³/mol. The normalized spacial score (nSPS) is 10.3. The van der Waals surface area contributed by atoms with Crippen molar-refractivity contribution in [3.05, 3.63) is 44.7 Å². The minimum atomic E-state index is 0.969. The van der Waals surface area contributed by atoms with Gasteiger partial charge in [0.05, 0.1) is 3.39 Å². The lowest BCUT2D eigenvalue weighted by Gasteiger charge is -1.99. The van der Waals surface area contributed by atoms with E-state index < -0.39 is 0 Å². The molecule has 0 aliphatic rings. The van der Waals surface area contributed by atoms with Crippen LogP contribution in [0.3, 0.4) is 0 Å². The van der Waals surface area contributed by atoms with Gasteiger partial charge >= 0.3 is 0 Å². The number of benzene rings is 1. The summed E-state index contributed by atoms with van der Waals surface area (Å²) in [6.07, 6.45) is 4.15. The fraction of sp³-hybridized carbons (Fsp3) is 0.0769. The first kappa shape index (κ1) is 13.4. The molecule has 0 nitrogen and oxygen atoms in total. The first-order chi connectivity index (χ1) is 8.19. The highest BCUT2D eigenvalue weighted by Crippen LogP contribution is 2.31. The van der Waals surface area contributed by atoms with Gasteiger partial charge in [0, 0.05) is 14.6 Å². The van der Waals surface area contributed by atoms with Crippen molar-refractivity contribution >= 4 is 61.0 Å². The van der Waals surface area contributed by atoms with Crippen molar-refractivity contribution < 1.29 is 0 Å². The van der Waals surface area contributed by atoms with E-state index in [0.29, 0.717) is 0 Å². The van der Waals surface area contributed by atoms with Crippen LogP contribution in [0.15, 0.2) is 44.7 Å². The van der Waals surface area contributed by atoms with E-state index in [1.165, 1.54) is 20.2 Å². The van der Waals surface area contributed by atoms with Crippen molar-refractivity contribution in [1.29, 1.82) is 0 Å². The van der Waals surface area contributed by atoms with Gasteiger partial charge in [-0.15, -0.1) is 23.1 Å². The van der Waals surface area contributed by atoms with E-state index in [9.17, 15) is 0 Å². The van der Waals surface area contributed by atoms with E-state index in [0.717, 1.165) is 3.39 Å². The molecule has 2 rings (SSSR count). The average molecular weight is 390 g/mol. The number of hydrogen-bond donors (Lipinski definition) is 0. The Balaban J connectivity index is 2.27. The van der Waals surface area contributed by atoms with E-state index in [1.54, 1.807) is 23.1 Å². The zero-order valence-electron chi connectivity index (χ0n) is 9.11. The molecule has 1 aromatic carbocycles. The van der Waals surface area contributed by atoms with Gasteiger partial charge < -0.3 is 0 Å². The van der Waals surface area contributed by atoms with Crippen LogP contribution in [0.2, 0.25) is 0 Å². The molecule has 0 aliphatic carbocycles. The molecule has 2 aromatic rings. The van der Waals surface area contributed by atoms with E-state index in [-0.39, 0.29) is 0 Å². The third-order valence-electron chi connectivity index (χ3n) is 2.25. The first-order valence-electron chi connectivity index (χ1n) is 4.96. The van der Waals surface area contributed by atoms with E-state index in [2.05, 4.69) is 80.6 Å². The molecular formula is C13H10Br2S2. The Morgan fingerprint density at radius 2 is 1.82 bits per heavy atom. The molecule has 1 heterocycles. The van der Waals surface area contributed by atoms with Crippen molar-refractivity contribution in [1.82, 2.24) is 0 Å². The van der Waals surface area contributed by atoms with Gasteiger partial charge in [-0.1, -0.05) is 12.1 Å². The number of halogens is 2. The van der Waals surface area contributed by atoms with E-state index in [1.807, 2.05) is 0 Å². The topological polar surface area (TPSA) is 0 Å². The van der Waals surface area contributed by atoms with Gasteiger partial charge in [-0.2, -0.15) is 0 Å². The second-order valence-electron chi connectivity index (χ2n) is 3.36. The Labute approximate surface area is 126 Å². The molecule has 0 bridgehead atoms. The number of hydrogen-bond acceptors (Lipinski definition) is 2. The van der Waals surface area contributed by atoms with Gasteiger partial charge in [-0.25, -0.2) is 0 Å². The molecule has 0 N–H and O–H groups in total. The average Bonchev–Trinajstić information content (AvgIpc) is 2.77. The van der Waals surface area contributed by atoms with Gasteiger partial charge in [0.25, 0.3) is 0 Å². The fourth-order valence-corrected chi connectivity index (χ4v) is 3.61. The van der Waals surface area contributed by atoms with Crippen molar-refractivity contribution in [2.45, 2.75) is 4.90 Å². The van der Waals surface area contributed by atoms with Crippen molar-refractivity contribution in [2.75, 3.05) is 6.26 Å². The van der Waals surface area contributed by atoms with E-state index >= 15 is 0 Å². The van der Waals surface area contributed by atoms with Crippen LogP contribution in [-0.2, 0) is 0 Å². The van der Waals surface area contributed by atoms with Gasteiger partial charge in [-0.05, 0) is 74.0 Å². The maximum absolute atomic E-state index is 3.38. The van der Waals surface area contributed by atoms with Crippen molar-refractivity contribution in [3.8, 4) is 10.4 Å². The molecule has 0 radical (unpaired) electrons. The van der Waals surface area contributed by atoms with Gasteiger partial charge in [-0.3, -0.25) is 0 Å². The Hall–Kier alpha value is -0.0300. The van der Waals surface area contributed by atoms with Crippen LogP contribution in [0, 0.1) is 0 Å². The second kappa shape index (κ2) is 6.23. The van der Waals surface area contributed by atoms with Crippen molar-refractivity contribution in [2.24, 2.45) is 0 Å². The smallest absolute Gasteiger partial charge is 0.0618 e. The molecule has 0 aliphatic heterocycles.